The molecule has 0 aromatic rings. The van der Waals surface area contributed by atoms with Gasteiger partial charge in [-0.05, 0) is 12.8 Å². The third-order valence-corrected chi connectivity index (χ3v) is 3.98. The fourth-order valence-corrected chi connectivity index (χ4v) is 2.64. The Morgan fingerprint density at radius 3 is 1.21 bits per heavy atom. The number of carboxylic acids is 1. The Morgan fingerprint density at radius 1 is 0.708 bits per heavy atom. The van der Waals surface area contributed by atoms with E-state index in [1.165, 1.54) is 83.5 Å². The Labute approximate surface area is 185 Å². The third kappa shape index (κ3) is 34.2. The molecule has 0 saturated heterocycles. The Kier molecular flexibility index (Phi) is 35.4. The van der Waals surface area contributed by atoms with Gasteiger partial charge in [0, 0.05) is 5.97 Å². The molecule has 0 spiro atoms. The van der Waals surface area contributed by atoms with Gasteiger partial charge in [-0.3, -0.25) is 0 Å². The second-order valence-corrected chi connectivity index (χ2v) is 6.36. The molecule has 0 unspecified atom stereocenters. The molecule has 0 atom stereocenters. The molecule has 0 aromatic heterocycles. The van der Waals surface area contributed by atoms with Gasteiger partial charge in [0.25, 0.3) is 0 Å². The summed E-state index contributed by atoms with van der Waals surface area (Å²) in [6, 6.07) is 0. The van der Waals surface area contributed by atoms with E-state index in [4.69, 9.17) is 7.96 Å². The molecular weight excluding hydrogens is 347 g/mol. The van der Waals surface area contributed by atoms with E-state index in [2.05, 4.69) is 6.92 Å². The van der Waals surface area contributed by atoms with Crippen LogP contribution in [-0.2, 0) is 8.60 Å². The van der Waals surface area contributed by atoms with Gasteiger partial charge >= 0.3 is 61.2 Å². The number of carbonyl (C=O) groups excluding carboxylic acids is 1. The van der Waals surface area contributed by atoms with Crippen molar-refractivity contribution >= 4 is 59.2 Å². The molecule has 0 rings (SSSR count). The van der Waals surface area contributed by atoms with E-state index in [0.29, 0.717) is 0 Å². The maximum absolute atomic E-state index is 10.2. The molecule has 0 aromatic carbocycles. The quantitative estimate of drug-likeness (QED) is 0.304. The molecule has 0 aliphatic carbocycles. The second kappa shape index (κ2) is 28.7. The Bertz CT molecular complexity index is 253. The van der Waals surface area contributed by atoms with Crippen LogP contribution in [0.1, 0.15) is 110 Å². The standard InChI is InChI=1S/C18H36O2.Al.Ca.2O/c1-2-3-4-5-6-7-8-9-10-11-12-13-14-15-16-17-18(19)20;;;;/h2-17H2,1H3,(H,19,20);;;;/q;;+2;;-1/p-1. The van der Waals surface area contributed by atoms with Crippen LogP contribution in [-0.4, -0.2) is 59.2 Å². The molecule has 0 aliphatic rings. The average molecular weight is 383 g/mol. The van der Waals surface area contributed by atoms with Crippen molar-refractivity contribution in [3.63, 3.8) is 0 Å². The Balaban J connectivity index is -0.00000102. The summed E-state index contributed by atoms with van der Waals surface area (Å²) >= 11 is -1.75. The molecule has 0 N–H and O–H groups in total. The van der Waals surface area contributed by atoms with Crippen LogP contribution in [0.3, 0.4) is 0 Å². The first kappa shape index (κ1) is 29.6. The van der Waals surface area contributed by atoms with Gasteiger partial charge in [-0.2, -0.15) is 0 Å². The topological polar surface area (TPSA) is 80.3 Å². The van der Waals surface area contributed by atoms with E-state index in [-0.39, 0.29) is 44.2 Å². The molecule has 136 valence electrons. The first-order valence-corrected chi connectivity index (χ1v) is 10.4. The molecule has 0 bridgehead atoms. The van der Waals surface area contributed by atoms with Crippen molar-refractivity contribution < 1.29 is 17.9 Å². The van der Waals surface area contributed by atoms with Crippen LogP contribution in [0.2, 0.25) is 0 Å². The summed E-state index contributed by atoms with van der Waals surface area (Å²) in [6.45, 7) is 2.27. The SMILES string of the molecule is CCCCCCCCCCCCCCCCCC(=O)[O-].[Ca+2].[O]=[Al][O-]. The second-order valence-electron chi connectivity index (χ2n) is 6.17. The number of aliphatic carboxylic acids is 1. The van der Waals surface area contributed by atoms with Gasteiger partial charge in [0.2, 0.25) is 0 Å². The molecule has 6 heteroatoms. The summed E-state index contributed by atoms with van der Waals surface area (Å²) in [5, 5.41) is 10.2. The van der Waals surface area contributed by atoms with Crippen LogP contribution in [0, 0.1) is 0 Å². The van der Waals surface area contributed by atoms with E-state index >= 15 is 0 Å². The van der Waals surface area contributed by atoms with Gasteiger partial charge in [0.05, 0.1) is 0 Å². The summed E-state index contributed by atoms with van der Waals surface area (Å²) in [6.07, 6.45) is 19.9. The molecule has 4 nitrogen and oxygen atoms in total. The molecule has 0 heterocycles. The van der Waals surface area contributed by atoms with E-state index in [1.807, 2.05) is 0 Å². The van der Waals surface area contributed by atoms with Gasteiger partial charge in [0.1, 0.15) is 0 Å². The number of carboxylic acid groups (broad SMARTS) is 1. The molecule has 0 saturated carbocycles. The van der Waals surface area contributed by atoms with Gasteiger partial charge in [0.15, 0.2) is 0 Å². The fraction of sp³-hybridized carbons (Fsp3) is 0.944. The zero-order chi connectivity index (χ0) is 17.6. The van der Waals surface area contributed by atoms with Crippen molar-refractivity contribution in [3.05, 3.63) is 0 Å². The number of hydrogen-bond donors (Lipinski definition) is 0. The van der Waals surface area contributed by atoms with Crippen LogP contribution >= 0.6 is 0 Å². The molecular formula is C18H35AlCaO4. The van der Waals surface area contributed by atoms with Crippen LogP contribution in [0.25, 0.3) is 0 Å². The van der Waals surface area contributed by atoms with Crippen LogP contribution in [0.15, 0.2) is 0 Å². The average Bonchev–Trinajstić information content (AvgIpc) is 2.51. The predicted octanol–water partition coefficient (Wildman–Crippen LogP) is 2.93. The van der Waals surface area contributed by atoms with Crippen LogP contribution in [0.4, 0.5) is 0 Å². The van der Waals surface area contributed by atoms with Crippen LogP contribution in [0.5, 0.6) is 0 Å². The molecule has 0 radical (unpaired) electrons. The van der Waals surface area contributed by atoms with Crippen molar-refractivity contribution in [2.45, 2.75) is 110 Å². The molecule has 0 amide bonds. The van der Waals surface area contributed by atoms with E-state index in [0.717, 1.165) is 12.8 Å². The third-order valence-electron chi connectivity index (χ3n) is 3.98. The first-order valence-electron chi connectivity index (χ1n) is 9.44. The zero-order valence-corrected chi connectivity index (χ0v) is 19.1. The van der Waals surface area contributed by atoms with E-state index in [9.17, 15) is 9.90 Å². The minimum atomic E-state index is -1.75. The number of unbranched alkanes of at least 4 members (excludes halogenated alkanes) is 14. The summed E-state index contributed by atoms with van der Waals surface area (Å²) in [5.74, 6) is -0.903. The first-order chi connectivity index (χ1) is 11.2. The zero-order valence-electron chi connectivity index (χ0n) is 15.7. The molecule has 0 aliphatic heterocycles. The predicted molar refractivity (Wildman–Crippen MR) is 96.7 cm³/mol. The Hall–Kier alpha value is 0.862. The molecule has 24 heavy (non-hydrogen) atoms. The maximum atomic E-state index is 10.2. The summed E-state index contributed by atoms with van der Waals surface area (Å²) in [7, 11) is 0. The van der Waals surface area contributed by atoms with Gasteiger partial charge in [-0.1, -0.05) is 96.8 Å². The van der Waals surface area contributed by atoms with Crippen molar-refractivity contribution in [3.8, 4) is 0 Å². The summed E-state index contributed by atoms with van der Waals surface area (Å²) in [4.78, 5) is 10.2. The minimum absolute atomic E-state index is 0. The molecule has 0 fully saturated rings. The fourth-order valence-electron chi connectivity index (χ4n) is 2.64. The van der Waals surface area contributed by atoms with Crippen molar-refractivity contribution in [1.29, 1.82) is 0 Å². The number of rotatable bonds is 16. The summed E-state index contributed by atoms with van der Waals surface area (Å²) in [5.41, 5.74) is 0. The van der Waals surface area contributed by atoms with Crippen LogP contribution < -0.4 is 9.26 Å². The number of carbonyl (C=O) groups is 1. The van der Waals surface area contributed by atoms with E-state index < -0.39 is 21.5 Å². The van der Waals surface area contributed by atoms with E-state index in [1.54, 1.807) is 0 Å². The number of hydrogen-bond acceptors (Lipinski definition) is 4. The van der Waals surface area contributed by atoms with Crippen molar-refractivity contribution in [2.24, 2.45) is 0 Å². The Morgan fingerprint density at radius 2 is 0.958 bits per heavy atom. The van der Waals surface area contributed by atoms with Crippen molar-refractivity contribution in [2.75, 3.05) is 0 Å². The van der Waals surface area contributed by atoms with Gasteiger partial charge in [-0.25, -0.2) is 0 Å². The van der Waals surface area contributed by atoms with Gasteiger partial charge in [-0.15, -0.1) is 0 Å². The van der Waals surface area contributed by atoms with Gasteiger partial charge < -0.3 is 9.90 Å². The monoisotopic (exact) mass is 382 g/mol. The summed E-state index contributed by atoms with van der Waals surface area (Å²) < 4.78 is 16.9. The van der Waals surface area contributed by atoms with Crippen molar-refractivity contribution in [1.82, 2.24) is 0 Å². The normalized spacial score (nSPS) is 9.38.